The minimum absolute atomic E-state index is 0.0349. The zero-order valence-corrected chi connectivity index (χ0v) is 18.8. The van der Waals surface area contributed by atoms with Gasteiger partial charge in [-0.2, -0.15) is 0 Å². The van der Waals surface area contributed by atoms with Gasteiger partial charge in [0.05, 0.1) is 24.8 Å². The summed E-state index contributed by atoms with van der Waals surface area (Å²) in [5.74, 6) is 1.24. The van der Waals surface area contributed by atoms with E-state index in [9.17, 15) is 4.79 Å². The molecule has 1 N–H and O–H groups in total. The number of benzene rings is 1. The molecule has 0 spiro atoms. The average Bonchev–Trinajstić information content (AvgIpc) is 2.64. The maximum absolute atomic E-state index is 12.6. The highest BCUT2D eigenvalue weighted by Gasteiger charge is 2.17. The van der Waals surface area contributed by atoms with Crippen LogP contribution in [0.4, 0.5) is 0 Å². The van der Waals surface area contributed by atoms with Crippen LogP contribution in [-0.4, -0.2) is 64.4 Å². The van der Waals surface area contributed by atoms with Crippen molar-refractivity contribution in [3.63, 3.8) is 0 Å². The first-order valence-corrected chi connectivity index (χ1v) is 10.2. The number of hydrogen-bond acceptors (Lipinski definition) is 5. The van der Waals surface area contributed by atoms with Gasteiger partial charge in [-0.15, -0.1) is 0 Å². The fourth-order valence-corrected chi connectivity index (χ4v) is 2.84. The number of halogens is 1. The van der Waals surface area contributed by atoms with E-state index >= 15 is 0 Å². The molecule has 0 heterocycles. The van der Waals surface area contributed by atoms with Crippen LogP contribution in [-0.2, 0) is 4.74 Å². The largest absolute Gasteiger partial charge is 0.493 e. The summed E-state index contributed by atoms with van der Waals surface area (Å²) in [5, 5.41) is 3.29. The van der Waals surface area contributed by atoms with Crippen molar-refractivity contribution in [2.75, 3.05) is 47.5 Å². The van der Waals surface area contributed by atoms with Gasteiger partial charge in [0.25, 0.3) is 5.91 Å². The third kappa shape index (κ3) is 8.67. The van der Waals surface area contributed by atoms with Crippen molar-refractivity contribution >= 4 is 17.5 Å². The molecule has 0 saturated carbocycles. The molecule has 0 aliphatic rings. The Morgan fingerprint density at radius 2 is 1.96 bits per heavy atom. The Balaban J connectivity index is 2.77. The molecular weight excluding hydrogens is 380 g/mol. The number of rotatable bonds is 13. The van der Waals surface area contributed by atoms with Crippen LogP contribution in [0.2, 0.25) is 5.02 Å². The summed E-state index contributed by atoms with van der Waals surface area (Å²) in [5.41, 5.74) is 0.431. The Hall–Kier alpha value is -1.50. The van der Waals surface area contributed by atoms with Crippen LogP contribution >= 0.6 is 11.6 Å². The van der Waals surface area contributed by atoms with Crippen molar-refractivity contribution in [1.29, 1.82) is 0 Å². The van der Waals surface area contributed by atoms with E-state index in [1.807, 2.05) is 21.0 Å². The number of ether oxygens (including phenoxy) is 3. The Labute approximate surface area is 174 Å². The number of carbonyl (C=O) groups is 1. The second-order valence-corrected chi connectivity index (χ2v) is 7.81. The van der Waals surface area contributed by atoms with Crippen molar-refractivity contribution in [3.05, 3.63) is 22.7 Å². The predicted octanol–water partition coefficient (Wildman–Crippen LogP) is 3.86. The Morgan fingerprint density at radius 1 is 1.25 bits per heavy atom. The minimum atomic E-state index is -0.219. The van der Waals surface area contributed by atoms with Crippen LogP contribution in [0.5, 0.6) is 11.5 Å². The molecule has 1 atom stereocenters. The van der Waals surface area contributed by atoms with Gasteiger partial charge in [0.2, 0.25) is 0 Å². The molecule has 160 valence electrons. The van der Waals surface area contributed by atoms with E-state index in [2.05, 4.69) is 24.1 Å². The number of carbonyl (C=O) groups excluding carboxylic acids is 1. The normalized spacial score (nSPS) is 12.3. The van der Waals surface area contributed by atoms with Crippen LogP contribution in [0.15, 0.2) is 12.1 Å². The quantitative estimate of drug-likeness (QED) is 0.531. The van der Waals surface area contributed by atoms with Crippen LogP contribution in [0.25, 0.3) is 0 Å². The molecule has 0 aromatic heterocycles. The van der Waals surface area contributed by atoms with Gasteiger partial charge in [0, 0.05) is 25.3 Å². The van der Waals surface area contributed by atoms with Crippen molar-refractivity contribution in [1.82, 2.24) is 10.2 Å². The third-order valence-electron chi connectivity index (χ3n) is 4.22. The van der Waals surface area contributed by atoms with Crippen molar-refractivity contribution < 1.29 is 19.0 Å². The molecule has 0 radical (unpaired) electrons. The summed E-state index contributed by atoms with van der Waals surface area (Å²) in [6.07, 6.45) is 1.72. The summed E-state index contributed by atoms with van der Waals surface area (Å²) >= 11 is 6.35. The molecule has 1 rings (SSSR count). The molecule has 0 bridgehead atoms. The fourth-order valence-electron chi connectivity index (χ4n) is 2.58. The zero-order valence-electron chi connectivity index (χ0n) is 18.0. The SMILES string of the molecule is CCO[C@@H](CCN(C)C)CNC(=O)c1cc(Cl)c(OCCC(C)C)c(OC)c1. The first kappa shape index (κ1) is 24.5. The molecule has 1 aromatic carbocycles. The maximum Gasteiger partial charge on any atom is 0.251 e. The van der Waals surface area contributed by atoms with Crippen molar-refractivity contribution in [2.45, 2.75) is 39.7 Å². The third-order valence-corrected chi connectivity index (χ3v) is 4.50. The van der Waals surface area contributed by atoms with Crippen molar-refractivity contribution in [2.24, 2.45) is 5.92 Å². The van der Waals surface area contributed by atoms with Gasteiger partial charge in [-0.3, -0.25) is 4.79 Å². The minimum Gasteiger partial charge on any atom is -0.493 e. The number of methoxy groups -OCH3 is 1. The van der Waals surface area contributed by atoms with Crippen LogP contribution < -0.4 is 14.8 Å². The van der Waals surface area contributed by atoms with E-state index < -0.39 is 0 Å². The first-order valence-electron chi connectivity index (χ1n) is 9.83. The highest BCUT2D eigenvalue weighted by Crippen LogP contribution is 2.36. The predicted molar refractivity (Wildman–Crippen MR) is 114 cm³/mol. The number of nitrogens with one attached hydrogen (secondary N) is 1. The van der Waals surface area contributed by atoms with Gasteiger partial charge in [-0.05, 0) is 51.9 Å². The number of hydrogen-bond donors (Lipinski definition) is 1. The summed E-state index contributed by atoms with van der Waals surface area (Å²) in [4.78, 5) is 14.7. The van der Waals surface area contributed by atoms with E-state index in [-0.39, 0.29) is 12.0 Å². The Morgan fingerprint density at radius 3 is 2.54 bits per heavy atom. The van der Waals surface area contributed by atoms with E-state index in [0.29, 0.717) is 47.8 Å². The molecule has 1 amide bonds. The van der Waals surface area contributed by atoms with Gasteiger partial charge in [0.15, 0.2) is 11.5 Å². The fraction of sp³-hybridized carbons (Fsp3) is 0.667. The summed E-state index contributed by atoms with van der Waals surface area (Å²) < 4.78 is 16.9. The molecule has 0 aliphatic heterocycles. The van der Waals surface area contributed by atoms with Gasteiger partial charge in [-0.1, -0.05) is 25.4 Å². The van der Waals surface area contributed by atoms with Gasteiger partial charge in [0.1, 0.15) is 0 Å². The Bertz CT molecular complexity index is 608. The molecule has 28 heavy (non-hydrogen) atoms. The Kier molecular flexibility index (Phi) is 11.3. The first-order chi connectivity index (χ1) is 13.3. The van der Waals surface area contributed by atoms with E-state index in [0.717, 1.165) is 19.4 Å². The lowest BCUT2D eigenvalue weighted by molar-refractivity contribution is 0.0496. The molecule has 0 fully saturated rings. The number of nitrogens with zero attached hydrogens (tertiary/aromatic N) is 1. The van der Waals surface area contributed by atoms with E-state index in [4.69, 9.17) is 25.8 Å². The second-order valence-electron chi connectivity index (χ2n) is 7.40. The highest BCUT2D eigenvalue weighted by molar-refractivity contribution is 6.32. The van der Waals surface area contributed by atoms with Gasteiger partial charge in [-0.25, -0.2) is 0 Å². The topological polar surface area (TPSA) is 60.0 Å². The maximum atomic E-state index is 12.6. The molecule has 7 heteroatoms. The molecule has 0 saturated heterocycles. The molecule has 6 nitrogen and oxygen atoms in total. The lowest BCUT2D eigenvalue weighted by Gasteiger charge is -2.20. The average molecular weight is 415 g/mol. The zero-order chi connectivity index (χ0) is 21.1. The number of amides is 1. The highest BCUT2D eigenvalue weighted by atomic mass is 35.5. The van der Waals surface area contributed by atoms with Crippen LogP contribution in [0.1, 0.15) is 44.0 Å². The lowest BCUT2D eigenvalue weighted by Crippen LogP contribution is -2.35. The van der Waals surface area contributed by atoms with Crippen LogP contribution in [0, 0.1) is 5.92 Å². The molecule has 1 aromatic rings. The molecule has 0 unspecified atom stereocenters. The van der Waals surface area contributed by atoms with E-state index in [1.165, 1.54) is 7.11 Å². The summed E-state index contributed by atoms with van der Waals surface area (Å²) in [7, 11) is 5.57. The smallest absolute Gasteiger partial charge is 0.251 e. The lowest BCUT2D eigenvalue weighted by atomic mass is 10.1. The van der Waals surface area contributed by atoms with Crippen molar-refractivity contribution in [3.8, 4) is 11.5 Å². The summed E-state index contributed by atoms with van der Waals surface area (Å²) in [6, 6.07) is 3.26. The standard InChI is InChI=1S/C21H35ClN2O4/c1-7-27-17(8-10-24(4)5)14-23-21(25)16-12-18(22)20(19(13-16)26-6)28-11-9-15(2)3/h12-13,15,17H,7-11,14H2,1-6H3,(H,23,25)/t17-/m0/s1. The monoisotopic (exact) mass is 414 g/mol. The molecular formula is C21H35ClN2O4. The van der Waals surface area contributed by atoms with Crippen LogP contribution in [0.3, 0.4) is 0 Å². The van der Waals surface area contributed by atoms with Gasteiger partial charge < -0.3 is 24.4 Å². The second kappa shape index (κ2) is 12.9. The molecule has 0 aliphatic carbocycles. The summed E-state index contributed by atoms with van der Waals surface area (Å²) in [6.45, 7) is 8.69. The van der Waals surface area contributed by atoms with Gasteiger partial charge >= 0.3 is 0 Å². The van der Waals surface area contributed by atoms with E-state index in [1.54, 1.807) is 12.1 Å².